The fourth-order valence-corrected chi connectivity index (χ4v) is 3.46. The summed E-state index contributed by atoms with van der Waals surface area (Å²) in [6, 6.07) is 7.64. The first-order valence-electron chi connectivity index (χ1n) is 7.80. The number of likely N-dealkylation sites (N-methyl/N-ethyl adjacent to an activating group) is 1. The van der Waals surface area contributed by atoms with E-state index in [1.54, 1.807) is 24.0 Å². The number of aromatic nitrogens is 1. The Morgan fingerprint density at radius 1 is 1.33 bits per heavy atom. The maximum Gasteiger partial charge on any atom is 0.273 e. The van der Waals surface area contributed by atoms with E-state index < -0.39 is 0 Å². The number of amides is 2. The predicted octanol–water partition coefficient (Wildman–Crippen LogP) is 1.63. The number of nitrogens with one attached hydrogen (secondary N) is 1. The molecule has 0 unspecified atom stereocenters. The normalized spacial score (nSPS) is 18.4. The van der Waals surface area contributed by atoms with Gasteiger partial charge in [0.25, 0.3) is 11.8 Å². The van der Waals surface area contributed by atoms with Gasteiger partial charge in [-0.25, -0.2) is 4.98 Å². The quantitative estimate of drug-likeness (QED) is 0.919. The standard InChI is InChI=1S/C17H20N4O2S/c1-18-16(22)13-5-3-4-12(8-13)15-9-21(7-6-20(15)2)17(23)14-10-24-11-19-14/h3-5,8,10-11,15H,6-7,9H2,1-2H3,(H,18,22)/t15-/m1/s1. The smallest absolute Gasteiger partial charge is 0.273 e. The van der Waals surface area contributed by atoms with Gasteiger partial charge in [0, 0.05) is 37.6 Å². The number of hydrogen-bond donors (Lipinski definition) is 1. The number of piperazine rings is 1. The van der Waals surface area contributed by atoms with E-state index >= 15 is 0 Å². The van der Waals surface area contributed by atoms with Crippen LogP contribution < -0.4 is 5.32 Å². The average molecular weight is 344 g/mol. The van der Waals surface area contributed by atoms with Gasteiger partial charge in [0.15, 0.2) is 0 Å². The largest absolute Gasteiger partial charge is 0.355 e. The molecule has 0 radical (unpaired) electrons. The zero-order valence-corrected chi connectivity index (χ0v) is 14.5. The molecule has 24 heavy (non-hydrogen) atoms. The molecule has 2 heterocycles. The lowest BCUT2D eigenvalue weighted by atomic mass is 10.00. The van der Waals surface area contributed by atoms with Crippen LogP contribution in [0, 0.1) is 0 Å². The minimum absolute atomic E-state index is 0.0307. The van der Waals surface area contributed by atoms with Gasteiger partial charge in [0.1, 0.15) is 5.69 Å². The van der Waals surface area contributed by atoms with Gasteiger partial charge in [-0.2, -0.15) is 0 Å². The van der Waals surface area contributed by atoms with Crippen molar-refractivity contribution in [3.05, 3.63) is 52.0 Å². The van der Waals surface area contributed by atoms with Crippen LogP contribution in [0.5, 0.6) is 0 Å². The van der Waals surface area contributed by atoms with Gasteiger partial charge in [0.05, 0.1) is 11.6 Å². The first-order chi connectivity index (χ1) is 11.6. The molecule has 126 valence electrons. The summed E-state index contributed by atoms with van der Waals surface area (Å²) in [5.74, 6) is -0.137. The number of thiazole rings is 1. The molecule has 2 aromatic rings. The molecule has 3 rings (SSSR count). The highest BCUT2D eigenvalue weighted by molar-refractivity contribution is 7.07. The van der Waals surface area contributed by atoms with E-state index in [0.29, 0.717) is 24.3 Å². The Morgan fingerprint density at radius 3 is 2.88 bits per heavy atom. The molecule has 1 aromatic heterocycles. The lowest BCUT2D eigenvalue weighted by Gasteiger charge is -2.39. The van der Waals surface area contributed by atoms with Gasteiger partial charge in [0.2, 0.25) is 0 Å². The van der Waals surface area contributed by atoms with Crippen molar-refractivity contribution in [3.8, 4) is 0 Å². The molecule has 1 saturated heterocycles. The summed E-state index contributed by atoms with van der Waals surface area (Å²) in [7, 11) is 3.66. The molecule has 6 nitrogen and oxygen atoms in total. The third kappa shape index (κ3) is 3.32. The van der Waals surface area contributed by atoms with Crippen LogP contribution >= 0.6 is 11.3 Å². The van der Waals surface area contributed by atoms with Crippen molar-refractivity contribution in [2.75, 3.05) is 33.7 Å². The Morgan fingerprint density at radius 2 is 2.17 bits per heavy atom. The lowest BCUT2D eigenvalue weighted by molar-refractivity contribution is 0.0541. The molecule has 1 aromatic carbocycles. The van der Waals surface area contributed by atoms with Crippen LogP contribution in [0.25, 0.3) is 0 Å². The molecule has 7 heteroatoms. The van der Waals surface area contributed by atoms with Crippen molar-refractivity contribution >= 4 is 23.2 Å². The average Bonchev–Trinajstić information content (AvgIpc) is 3.15. The number of carbonyl (C=O) groups excluding carboxylic acids is 2. The van der Waals surface area contributed by atoms with Crippen molar-refractivity contribution in [2.45, 2.75) is 6.04 Å². The summed E-state index contributed by atoms with van der Waals surface area (Å²) in [5, 5.41) is 4.42. The molecule has 2 amide bonds. The molecular weight excluding hydrogens is 324 g/mol. The molecule has 1 fully saturated rings. The topological polar surface area (TPSA) is 65.5 Å². The van der Waals surface area contributed by atoms with Crippen molar-refractivity contribution in [1.29, 1.82) is 0 Å². The Bertz CT molecular complexity index is 732. The van der Waals surface area contributed by atoms with Crippen LogP contribution in [-0.4, -0.2) is 60.3 Å². The molecule has 0 aliphatic carbocycles. The number of carbonyl (C=O) groups is 2. The second-order valence-electron chi connectivity index (χ2n) is 5.83. The summed E-state index contributed by atoms with van der Waals surface area (Å²) >= 11 is 1.42. The van der Waals surface area contributed by atoms with Gasteiger partial charge < -0.3 is 10.2 Å². The van der Waals surface area contributed by atoms with Gasteiger partial charge >= 0.3 is 0 Å². The zero-order valence-electron chi connectivity index (χ0n) is 13.7. The second kappa shape index (κ2) is 7.11. The van der Waals surface area contributed by atoms with E-state index in [1.165, 1.54) is 11.3 Å². The fraction of sp³-hybridized carbons (Fsp3) is 0.353. The minimum Gasteiger partial charge on any atom is -0.355 e. The Kier molecular flexibility index (Phi) is 4.92. The highest BCUT2D eigenvalue weighted by Gasteiger charge is 2.29. The minimum atomic E-state index is -0.106. The summed E-state index contributed by atoms with van der Waals surface area (Å²) in [6.07, 6.45) is 0. The molecule has 0 saturated carbocycles. The van der Waals surface area contributed by atoms with Crippen LogP contribution in [0.1, 0.15) is 32.5 Å². The molecule has 0 spiro atoms. The van der Waals surface area contributed by atoms with Crippen molar-refractivity contribution in [1.82, 2.24) is 20.1 Å². The van der Waals surface area contributed by atoms with E-state index in [2.05, 4.69) is 15.2 Å². The molecular formula is C17H20N4O2S. The molecule has 1 N–H and O–H groups in total. The Balaban J connectivity index is 1.81. The van der Waals surface area contributed by atoms with Gasteiger partial charge in [-0.15, -0.1) is 11.3 Å². The fourth-order valence-electron chi connectivity index (χ4n) is 2.93. The monoisotopic (exact) mass is 344 g/mol. The summed E-state index contributed by atoms with van der Waals surface area (Å²) in [5.41, 5.74) is 3.84. The predicted molar refractivity (Wildman–Crippen MR) is 93.2 cm³/mol. The first kappa shape index (κ1) is 16.6. The van der Waals surface area contributed by atoms with Gasteiger partial charge in [-0.1, -0.05) is 12.1 Å². The maximum absolute atomic E-state index is 12.6. The highest BCUT2D eigenvalue weighted by Crippen LogP contribution is 2.25. The third-order valence-corrected chi connectivity index (χ3v) is 4.93. The van der Waals surface area contributed by atoms with E-state index in [4.69, 9.17) is 0 Å². The van der Waals surface area contributed by atoms with E-state index in [0.717, 1.165) is 12.1 Å². The first-order valence-corrected chi connectivity index (χ1v) is 8.74. The lowest BCUT2D eigenvalue weighted by Crippen LogP contribution is -2.49. The van der Waals surface area contributed by atoms with Gasteiger partial charge in [-0.3, -0.25) is 14.5 Å². The Hall–Kier alpha value is -2.25. The van der Waals surface area contributed by atoms with Gasteiger partial charge in [-0.05, 0) is 24.7 Å². The molecule has 0 bridgehead atoms. The number of nitrogens with zero attached hydrogens (tertiary/aromatic N) is 3. The zero-order chi connectivity index (χ0) is 17.1. The number of hydrogen-bond acceptors (Lipinski definition) is 5. The van der Waals surface area contributed by atoms with Crippen molar-refractivity contribution in [3.63, 3.8) is 0 Å². The second-order valence-corrected chi connectivity index (χ2v) is 6.54. The SMILES string of the molecule is CNC(=O)c1cccc([C@H]2CN(C(=O)c3cscn3)CCN2C)c1. The summed E-state index contributed by atoms with van der Waals surface area (Å²) in [4.78, 5) is 32.6. The number of rotatable bonds is 3. The molecule has 1 aliphatic heterocycles. The van der Waals surface area contributed by atoms with E-state index in [-0.39, 0.29) is 17.9 Å². The van der Waals surface area contributed by atoms with E-state index in [1.807, 2.05) is 30.1 Å². The summed E-state index contributed by atoms with van der Waals surface area (Å²) < 4.78 is 0. The third-order valence-electron chi connectivity index (χ3n) is 4.35. The Labute approximate surface area is 145 Å². The number of benzene rings is 1. The highest BCUT2D eigenvalue weighted by atomic mass is 32.1. The maximum atomic E-state index is 12.6. The molecule has 1 aliphatic rings. The van der Waals surface area contributed by atoms with Crippen LogP contribution in [-0.2, 0) is 0 Å². The van der Waals surface area contributed by atoms with Crippen LogP contribution in [0.15, 0.2) is 35.2 Å². The van der Waals surface area contributed by atoms with Crippen LogP contribution in [0.4, 0.5) is 0 Å². The van der Waals surface area contributed by atoms with Crippen LogP contribution in [0.2, 0.25) is 0 Å². The van der Waals surface area contributed by atoms with Crippen LogP contribution in [0.3, 0.4) is 0 Å². The summed E-state index contributed by atoms with van der Waals surface area (Å²) in [6.45, 7) is 2.05. The van der Waals surface area contributed by atoms with Crippen molar-refractivity contribution in [2.24, 2.45) is 0 Å². The molecule has 1 atom stereocenters. The van der Waals surface area contributed by atoms with Crippen molar-refractivity contribution < 1.29 is 9.59 Å². The van der Waals surface area contributed by atoms with E-state index in [9.17, 15) is 9.59 Å².